The smallest absolute Gasteiger partial charge is 0.268 e. The predicted octanol–water partition coefficient (Wildman–Crippen LogP) is 2.85. The Hall–Kier alpha value is -3.50. The number of nitriles is 1. The van der Waals surface area contributed by atoms with Gasteiger partial charge in [0, 0.05) is 11.8 Å². The SMILES string of the molecule is [C-]#[N+]c1ccc2ncn(-c3ncc([N+](=O)[O-])c(SC#N)n3)c2c1. The Morgan fingerprint density at radius 1 is 1.43 bits per heavy atom. The Bertz CT molecular complexity index is 1020. The van der Waals surface area contributed by atoms with Crippen LogP contribution in [0.4, 0.5) is 11.4 Å². The number of thioether (sulfide) groups is 1. The fourth-order valence-corrected chi connectivity index (χ4v) is 2.38. The highest BCUT2D eigenvalue weighted by atomic mass is 32.2. The van der Waals surface area contributed by atoms with E-state index in [1.54, 1.807) is 23.6 Å². The third-order valence-corrected chi connectivity index (χ3v) is 3.52. The van der Waals surface area contributed by atoms with Gasteiger partial charge in [0.2, 0.25) is 5.95 Å². The number of hydrogen-bond acceptors (Lipinski definition) is 7. The highest BCUT2D eigenvalue weighted by Crippen LogP contribution is 2.27. The minimum atomic E-state index is -0.646. The molecule has 3 aromatic rings. The van der Waals surface area contributed by atoms with Gasteiger partial charge < -0.3 is 0 Å². The Kier molecular flexibility index (Phi) is 3.58. The zero-order valence-corrected chi connectivity index (χ0v) is 12.1. The molecule has 3 rings (SSSR count). The molecule has 9 nitrogen and oxygen atoms in total. The van der Waals surface area contributed by atoms with Gasteiger partial charge in [0.25, 0.3) is 0 Å². The van der Waals surface area contributed by atoms with Gasteiger partial charge in [-0.25, -0.2) is 14.8 Å². The van der Waals surface area contributed by atoms with E-state index >= 15 is 0 Å². The average Bonchev–Trinajstić information content (AvgIpc) is 2.97. The molecule has 0 aliphatic rings. The zero-order valence-electron chi connectivity index (χ0n) is 11.2. The van der Waals surface area contributed by atoms with Crippen molar-refractivity contribution < 1.29 is 4.92 Å². The first-order valence-corrected chi connectivity index (χ1v) is 6.88. The molecule has 0 aliphatic heterocycles. The third kappa shape index (κ3) is 2.54. The molecular formula is C13H5N7O2S. The Morgan fingerprint density at radius 2 is 2.26 bits per heavy atom. The summed E-state index contributed by atoms with van der Waals surface area (Å²) in [4.78, 5) is 25.8. The highest BCUT2D eigenvalue weighted by molar-refractivity contribution is 8.03. The quantitative estimate of drug-likeness (QED) is 0.182. The van der Waals surface area contributed by atoms with Crippen LogP contribution in [0.5, 0.6) is 0 Å². The van der Waals surface area contributed by atoms with Gasteiger partial charge in [-0.1, -0.05) is 6.07 Å². The summed E-state index contributed by atoms with van der Waals surface area (Å²) in [5.41, 5.74) is 1.31. The number of hydrogen-bond donors (Lipinski definition) is 0. The van der Waals surface area contributed by atoms with Crippen molar-refractivity contribution in [2.24, 2.45) is 0 Å². The highest BCUT2D eigenvalue weighted by Gasteiger charge is 2.19. The summed E-state index contributed by atoms with van der Waals surface area (Å²) in [6.07, 6.45) is 2.51. The monoisotopic (exact) mass is 323 g/mol. The number of thiocyanates is 1. The van der Waals surface area contributed by atoms with Crippen molar-refractivity contribution in [3.05, 3.63) is 52.3 Å². The molecule has 110 valence electrons. The second-order valence-electron chi connectivity index (χ2n) is 4.21. The predicted molar refractivity (Wildman–Crippen MR) is 81.0 cm³/mol. The number of rotatable bonds is 3. The number of fused-ring (bicyclic) bond motifs is 1. The Labute approximate surface area is 133 Å². The van der Waals surface area contributed by atoms with Gasteiger partial charge in [-0.3, -0.25) is 14.7 Å². The second-order valence-corrected chi connectivity index (χ2v) is 4.98. The molecule has 0 saturated heterocycles. The van der Waals surface area contributed by atoms with E-state index in [9.17, 15) is 10.1 Å². The summed E-state index contributed by atoms with van der Waals surface area (Å²) in [5.74, 6) is 0.137. The lowest BCUT2D eigenvalue weighted by Gasteiger charge is -2.04. The van der Waals surface area contributed by atoms with Crippen molar-refractivity contribution in [3.8, 4) is 11.3 Å². The molecule has 0 bridgehead atoms. The van der Waals surface area contributed by atoms with Crippen molar-refractivity contribution in [3.63, 3.8) is 0 Å². The first-order chi connectivity index (χ1) is 11.1. The maximum absolute atomic E-state index is 10.9. The van der Waals surface area contributed by atoms with Gasteiger partial charge in [0.15, 0.2) is 10.7 Å². The van der Waals surface area contributed by atoms with Gasteiger partial charge >= 0.3 is 5.69 Å². The fourth-order valence-electron chi connectivity index (χ4n) is 1.94. The van der Waals surface area contributed by atoms with E-state index in [2.05, 4.69) is 19.8 Å². The lowest BCUT2D eigenvalue weighted by atomic mass is 10.3. The fraction of sp³-hybridized carbons (Fsp3) is 0. The van der Waals surface area contributed by atoms with Gasteiger partial charge in [-0.15, -0.1) is 0 Å². The lowest BCUT2D eigenvalue weighted by molar-refractivity contribution is -0.388. The van der Waals surface area contributed by atoms with Crippen LogP contribution < -0.4 is 0 Å². The molecule has 2 aromatic heterocycles. The van der Waals surface area contributed by atoms with Gasteiger partial charge in [0.1, 0.15) is 17.9 Å². The van der Waals surface area contributed by atoms with Crippen molar-refractivity contribution >= 4 is 34.2 Å². The standard InChI is InChI=1S/C13H5N7O2S/c1-15-8-2-3-9-10(4-8)19(7-17-9)13-16-5-11(20(21)22)12(18-13)23-6-14/h2-5,7H. The summed E-state index contributed by atoms with van der Waals surface area (Å²) < 4.78 is 1.51. The van der Waals surface area contributed by atoms with E-state index < -0.39 is 4.92 Å². The molecule has 0 N–H and O–H groups in total. The maximum Gasteiger partial charge on any atom is 0.320 e. The molecular weight excluding hydrogens is 318 g/mol. The molecule has 0 spiro atoms. The van der Waals surface area contributed by atoms with Crippen molar-refractivity contribution in [2.45, 2.75) is 5.03 Å². The van der Waals surface area contributed by atoms with Gasteiger partial charge in [-0.2, -0.15) is 10.2 Å². The molecule has 1 aromatic carbocycles. The summed E-state index contributed by atoms with van der Waals surface area (Å²) in [7, 11) is 0. The average molecular weight is 323 g/mol. The zero-order chi connectivity index (χ0) is 16.4. The molecule has 0 radical (unpaired) electrons. The summed E-state index contributed by atoms with van der Waals surface area (Å²) >= 11 is 0.585. The summed E-state index contributed by atoms with van der Waals surface area (Å²) in [5, 5.41) is 21.4. The van der Waals surface area contributed by atoms with E-state index in [0.29, 0.717) is 28.5 Å². The van der Waals surface area contributed by atoms with E-state index in [-0.39, 0.29) is 16.7 Å². The third-order valence-electron chi connectivity index (χ3n) is 2.94. The first-order valence-electron chi connectivity index (χ1n) is 6.06. The maximum atomic E-state index is 10.9. The summed E-state index contributed by atoms with van der Waals surface area (Å²) in [6, 6.07) is 4.95. The number of aromatic nitrogens is 4. The van der Waals surface area contributed by atoms with Crippen LogP contribution >= 0.6 is 11.8 Å². The van der Waals surface area contributed by atoms with Crippen LogP contribution in [0.3, 0.4) is 0 Å². The minimum absolute atomic E-state index is 0.0503. The van der Waals surface area contributed by atoms with Crippen LogP contribution in [0.25, 0.3) is 21.8 Å². The number of nitro groups is 1. The van der Waals surface area contributed by atoms with Crippen LogP contribution in [-0.4, -0.2) is 24.4 Å². The van der Waals surface area contributed by atoms with Crippen LogP contribution in [0.1, 0.15) is 0 Å². The van der Waals surface area contributed by atoms with Gasteiger partial charge in [-0.05, 0) is 12.1 Å². The topological polar surface area (TPSA) is 115 Å². The summed E-state index contributed by atoms with van der Waals surface area (Å²) in [6.45, 7) is 7.06. The normalized spacial score (nSPS) is 10.2. The Morgan fingerprint density at radius 3 is 2.96 bits per heavy atom. The Balaban J connectivity index is 2.19. The van der Waals surface area contributed by atoms with E-state index in [0.717, 1.165) is 6.20 Å². The van der Waals surface area contributed by atoms with E-state index in [4.69, 9.17) is 11.8 Å². The molecule has 0 amide bonds. The molecule has 0 atom stereocenters. The van der Waals surface area contributed by atoms with Crippen molar-refractivity contribution in [1.82, 2.24) is 19.5 Å². The van der Waals surface area contributed by atoms with Crippen LogP contribution in [0.2, 0.25) is 0 Å². The van der Waals surface area contributed by atoms with Crippen LogP contribution in [0, 0.1) is 27.3 Å². The number of benzene rings is 1. The van der Waals surface area contributed by atoms with Crippen LogP contribution in [0.15, 0.2) is 35.7 Å². The number of nitrogens with zero attached hydrogens (tertiary/aromatic N) is 7. The van der Waals surface area contributed by atoms with E-state index in [1.165, 1.54) is 10.9 Å². The molecule has 0 aliphatic carbocycles. The largest absolute Gasteiger partial charge is 0.320 e. The van der Waals surface area contributed by atoms with Gasteiger partial charge in [0.05, 0.1) is 22.5 Å². The van der Waals surface area contributed by atoms with E-state index in [1.807, 2.05) is 0 Å². The molecule has 0 saturated carbocycles. The molecule has 0 fully saturated rings. The number of imidazole rings is 1. The lowest BCUT2D eigenvalue weighted by Crippen LogP contribution is -2.03. The first kappa shape index (κ1) is 14.4. The van der Waals surface area contributed by atoms with Crippen molar-refractivity contribution in [1.29, 1.82) is 5.26 Å². The molecule has 2 heterocycles. The minimum Gasteiger partial charge on any atom is -0.268 e. The molecule has 10 heteroatoms. The molecule has 0 unspecified atom stereocenters. The van der Waals surface area contributed by atoms with Crippen LogP contribution in [-0.2, 0) is 0 Å². The molecule has 23 heavy (non-hydrogen) atoms. The second kappa shape index (κ2) is 5.71. The van der Waals surface area contributed by atoms with Crippen molar-refractivity contribution in [2.75, 3.05) is 0 Å².